The van der Waals surface area contributed by atoms with Gasteiger partial charge < -0.3 is 10.6 Å². The predicted octanol–water partition coefficient (Wildman–Crippen LogP) is 2.08. The highest BCUT2D eigenvalue weighted by Gasteiger charge is 2.22. The zero-order chi connectivity index (χ0) is 13.1. The molecule has 0 spiro atoms. The lowest BCUT2D eigenvalue weighted by molar-refractivity contribution is -0.383. The van der Waals surface area contributed by atoms with Crippen LogP contribution in [-0.4, -0.2) is 17.4 Å². The third-order valence-electron chi connectivity index (χ3n) is 2.75. The molecule has 6 nitrogen and oxygen atoms in total. The van der Waals surface area contributed by atoms with E-state index in [1.54, 1.807) is 12.1 Å². The van der Waals surface area contributed by atoms with Gasteiger partial charge in [0.15, 0.2) is 0 Å². The van der Waals surface area contributed by atoms with Gasteiger partial charge in [0.2, 0.25) is 5.91 Å². The Balaban J connectivity index is 2.43. The Morgan fingerprint density at radius 2 is 2.28 bits per heavy atom. The number of hydrogen-bond acceptors (Lipinski definition) is 4. The van der Waals surface area contributed by atoms with E-state index in [2.05, 4.69) is 17.2 Å². The zero-order valence-electron chi connectivity index (χ0n) is 9.73. The van der Waals surface area contributed by atoms with E-state index >= 15 is 0 Å². The highest BCUT2D eigenvalue weighted by atomic mass is 16.6. The Bertz CT molecular complexity index is 526. The quantitative estimate of drug-likeness (QED) is 0.484. The van der Waals surface area contributed by atoms with Gasteiger partial charge in [-0.3, -0.25) is 14.9 Å². The lowest BCUT2D eigenvalue weighted by Crippen LogP contribution is -2.19. The molecule has 94 valence electrons. The fourth-order valence-corrected chi connectivity index (χ4v) is 1.89. The van der Waals surface area contributed by atoms with Crippen LogP contribution in [0.2, 0.25) is 0 Å². The van der Waals surface area contributed by atoms with Crippen molar-refractivity contribution < 1.29 is 9.72 Å². The molecule has 6 heteroatoms. The fourth-order valence-electron chi connectivity index (χ4n) is 1.89. The number of rotatable bonds is 4. The molecule has 1 aromatic rings. The summed E-state index contributed by atoms with van der Waals surface area (Å²) in [6.07, 6.45) is 2.64. The molecule has 0 unspecified atom stereocenters. The van der Waals surface area contributed by atoms with E-state index in [9.17, 15) is 14.9 Å². The molecule has 0 saturated carbocycles. The minimum atomic E-state index is -0.466. The number of benzene rings is 1. The molecule has 1 heterocycles. The molecule has 0 aliphatic carbocycles. The van der Waals surface area contributed by atoms with E-state index in [1.807, 2.05) is 0 Å². The first-order valence-electron chi connectivity index (χ1n) is 5.57. The molecule has 0 bridgehead atoms. The number of aryl methyl sites for hydroxylation is 1. The van der Waals surface area contributed by atoms with Gasteiger partial charge in [0.1, 0.15) is 5.69 Å². The van der Waals surface area contributed by atoms with Crippen LogP contribution in [-0.2, 0) is 11.2 Å². The van der Waals surface area contributed by atoms with Gasteiger partial charge >= 0.3 is 0 Å². The third kappa shape index (κ3) is 2.32. The van der Waals surface area contributed by atoms with Gasteiger partial charge in [-0.25, -0.2) is 0 Å². The van der Waals surface area contributed by atoms with Crippen LogP contribution < -0.4 is 10.6 Å². The largest absolute Gasteiger partial charge is 0.376 e. The molecular weight excluding hydrogens is 234 g/mol. The Labute approximate surface area is 104 Å². The van der Waals surface area contributed by atoms with Crippen molar-refractivity contribution in [2.75, 3.05) is 17.2 Å². The Kier molecular flexibility index (Phi) is 3.27. The van der Waals surface area contributed by atoms with Crippen LogP contribution in [0.25, 0.3) is 0 Å². The Hall–Kier alpha value is -2.37. The molecule has 0 radical (unpaired) electrons. The van der Waals surface area contributed by atoms with Gasteiger partial charge in [-0.1, -0.05) is 6.08 Å². The Morgan fingerprint density at radius 1 is 1.50 bits per heavy atom. The first-order chi connectivity index (χ1) is 8.61. The molecule has 2 N–H and O–H groups in total. The second kappa shape index (κ2) is 4.87. The molecule has 18 heavy (non-hydrogen) atoms. The summed E-state index contributed by atoms with van der Waals surface area (Å²) in [7, 11) is 0. The van der Waals surface area contributed by atoms with Crippen LogP contribution in [0.15, 0.2) is 24.8 Å². The van der Waals surface area contributed by atoms with Crippen LogP contribution in [0, 0.1) is 10.1 Å². The summed E-state index contributed by atoms with van der Waals surface area (Å²) in [6.45, 7) is 4.01. The van der Waals surface area contributed by atoms with Gasteiger partial charge in [-0.2, -0.15) is 0 Å². The van der Waals surface area contributed by atoms with Crippen molar-refractivity contribution in [3.63, 3.8) is 0 Å². The van der Waals surface area contributed by atoms with E-state index in [1.165, 1.54) is 6.07 Å². The van der Waals surface area contributed by atoms with Gasteiger partial charge in [-0.15, -0.1) is 6.58 Å². The van der Waals surface area contributed by atoms with Crippen LogP contribution in [0.4, 0.5) is 17.1 Å². The number of amides is 1. The standard InChI is InChI=1S/C12H13N3O3/c1-2-5-13-10-6-8-3-4-12(16)14-9(8)7-11(10)15(17)18/h2,6-7,13H,1,3-5H2,(H,14,16). The number of fused-ring (bicyclic) bond motifs is 1. The number of nitro groups is 1. The number of carbonyl (C=O) groups is 1. The summed E-state index contributed by atoms with van der Waals surface area (Å²) in [5.74, 6) is -0.108. The normalized spacial score (nSPS) is 13.4. The van der Waals surface area contributed by atoms with E-state index in [0.717, 1.165) is 5.56 Å². The van der Waals surface area contributed by atoms with Crippen molar-refractivity contribution in [3.8, 4) is 0 Å². The molecule has 1 aliphatic heterocycles. The highest BCUT2D eigenvalue weighted by molar-refractivity contribution is 5.95. The lowest BCUT2D eigenvalue weighted by Gasteiger charge is -2.18. The van der Waals surface area contributed by atoms with Crippen LogP contribution in [0.1, 0.15) is 12.0 Å². The molecule has 0 fully saturated rings. The number of hydrogen-bond donors (Lipinski definition) is 2. The van der Waals surface area contributed by atoms with Crippen molar-refractivity contribution in [1.82, 2.24) is 0 Å². The van der Waals surface area contributed by atoms with Crippen molar-refractivity contribution in [2.24, 2.45) is 0 Å². The molecule has 0 saturated heterocycles. The Morgan fingerprint density at radius 3 is 2.94 bits per heavy atom. The second-order valence-electron chi connectivity index (χ2n) is 4.00. The highest BCUT2D eigenvalue weighted by Crippen LogP contribution is 2.33. The van der Waals surface area contributed by atoms with Crippen molar-refractivity contribution in [2.45, 2.75) is 12.8 Å². The summed E-state index contributed by atoms with van der Waals surface area (Å²) in [4.78, 5) is 21.8. The monoisotopic (exact) mass is 247 g/mol. The first kappa shape index (κ1) is 12.1. The van der Waals surface area contributed by atoms with E-state index < -0.39 is 4.92 Å². The van der Waals surface area contributed by atoms with Gasteiger partial charge in [0, 0.05) is 19.0 Å². The zero-order valence-corrected chi connectivity index (χ0v) is 9.73. The predicted molar refractivity (Wildman–Crippen MR) is 68.7 cm³/mol. The first-order valence-corrected chi connectivity index (χ1v) is 5.57. The second-order valence-corrected chi connectivity index (χ2v) is 4.00. The maximum atomic E-state index is 11.3. The summed E-state index contributed by atoms with van der Waals surface area (Å²) in [5.41, 5.74) is 1.85. The minimum Gasteiger partial charge on any atom is -0.376 e. The lowest BCUT2D eigenvalue weighted by atomic mass is 10.0. The smallest absolute Gasteiger partial charge is 0.294 e. The molecule has 1 aromatic carbocycles. The molecule has 0 atom stereocenters. The minimum absolute atomic E-state index is 0.0437. The fraction of sp³-hybridized carbons (Fsp3) is 0.250. The number of anilines is 2. The molecular formula is C12H13N3O3. The average molecular weight is 247 g/mol. The van der Waals surface area contributed by atoms with Crippen molar-refractivity contribution >= 4 is 23.0 Å². The van der Waals surface area contributed by atoms with E-state index in [0.29, 0.717) is 30.8 Å². The molecule has 1 amide bonds. The molecule has 2 rings (SSSR count). The topological polar surface area (TPSA) is 84.3 Å². The number of nitrogens with one attached hydrogen (secondary N) is 2. The van der Waals surface area contributed by atoms with Crippen molar-refractivity contribution in [3.05, 3.63) is 40.5 Å². The van der Waals surface area contributed by atoms with Gasteiger partial charge in [0.05, 0.1) is 10.6 Å². The number of carbonyl (C=O) groups excluding carboxylic acids is 1. The SMILES string of the molecule is C=CCNc1cc2c(cc1[N+](=O)[O-])NC(=O)CC2. The summed E-state index contributed by atoms with van der Waals surface area (Å²) < 4.78 is 0. The van der Waals surface area contributed by atoms with Crippen LogP contribution in [0.3, 0.4) is 0 Å². The summed E-state index contributed by atoms with van der Waals surface area (Å²) in [6, 6.07) is 3.12. The number of nitro benzene ring substituents is 1. The number of nitrogens with zero attached hydrogens (tertiary/aromatic N) is 1. The maximum Gasteiger partial charge on any atom is 0.294 e. The summed E-state index contributed by atoms with van der Waals surface area (Å²) >= 11 is 0. The molecule has 1 aliphatic rings. The third-order valence-corrected chi connectivity index (χ3v) is 2.75. The van der Waals surface area contributed by atoms with Crippen molar-refractivity contribution in [1.29, 1.82) is 0 Å². The maximum absolute atomic E-state index is 11.3. The van der Waals surface area contributed by atoms with E-state index in [4.69, 9.17) is 0 Å². The summed E-state index contributed by atoms with van der Waals surface area (Å²) in [5, 5.41) is 16.6. The van der Waals surface area contributed by atoms with Crippen LogP contribution in [0.5, 0.6) is 0 Å². The van der Waals surface area contributed by atoms with Gasteiger partial charge in [0.25, 0.3) is 5.69 Å². The average Bonchev–Trinajstić information content (AvgIpc) is 2.35. The van der Waals surface area contributed by atoms with E-state index in [-0.39, 0.29) is 11.6 Å². The van der Waals surface area contributed by atoms with Gasteiger partial charge in [-0.05, 0) is 18.1 Å². The molecule has 0 aromatic heterocycles. The van der Waals surface area contributed by atoms with Crippen LogP contribution >= 0.6 is 0 Å².